The van der Waals surface area contributed by atoms with Crippen LogP contribution in [-0.4, -0.2) is 36.4 Å². The molecule has 0 saturated heterocycles. The lowest BCUT2D eigenvalue weighted by Gasteiger charge is -2.08. The van der Waals surface area contributed by atoms with E-state index in [0.29, 0.717) is 5.56 Å². The lowest BCUT2D eigenvalue weighted by molar-refractivity contribution is -0.142. The first kappa shape index (κ1) is 33.4. The lowest BCUT2D eigenvalue weighted by atomic mass is 9.98. The number of carbonyl (C=O) groups excluding carboxylic acids is 1. The molecule has 1 aliphatic heterocycles. The number of aliphatic imine (C=N–C) groups is 1. The minimum atomic E-state index is -0.625. The van der Waals surface area contributed by atoms with Gasteiger partial charge in [-0.3, -0.25) is 14.6 Å². The van der Waals surface area contributed by atoms with E-state index in [2.05, 4.69) is 29.4 Å². The fourth-order valence-corrected chi connectivity index (χ4v) is 3.71. The van der Waals surface area contributed by atoms with Gasteiger partial charge in [-0.2, -0.15) is 0 Å². The van der Waals surface area contributed by atoms with Crippen LogP contribution in [0.15, 0.2) is 47.5 Å². The number of aliphatic carboxylic acids is 1. The highest BCUT2D eigenvalue weighted by Crippen LogP contribution is 2.15. The molecule has 0 aromatic heterocycles. The molecule has 0 saturated carbocycles. The maximum atomic E-state index is 10.9. The van der Waals surface area contributed by atoms with Crippen LogP contribution in [0.2, 0.25) is 0 Å². The van der Waals surface area contributed by atoms with Gasteiger partial charge in [0.25, 0.3) is 0 Å². The molecule has 1 aromatic carbocycles. The van der Waals surface area contributed by atoms with Crippen LogP contribution in [0, 0.1) is 5.92 Å². The molecule has 6 nitrogen and oxygen atoms in total. The van der Waals surface area contributed by atoms with E-state index in [1.54, 1.807) is 30.6 Å². The van der Waals surface area contributed by atoms with Gasteiger partial charge in [0.15, 0.2) is 0 Å². The molecule has 2 rings (SSSR count). The number of nitrogens with zero attached hydrogens (tertiary/aromatic N) is 1. The number of benzene rings is 1. The van der Waals surface area contributed by atoms with Gasteiger partial charge < -0.3 is 16.2 Å². The Morgan fingerprint density at radius 2 is 1.53 bits per heavy atom. The van der Waals surface area contributed by atoms with Crippen LogP contribution in [0.25, 0.3) is 0 Å². The van der Waals surface area contributed by atoms with Crippen molar-refractivity contribution in [2.75, 3.05) is 13.1 Å². The predicted molar refractivity (Wildman–Crippen MR) is 153 cm³/mol. The Morgan fingerprint density at radius 1 is 0.944 bits per heavy atom. The minimum Gasteiger partial charge on any atom is -0.481 e. The number of nitrogens with two attached hydrogens (primary N) is 1. The van der Waals surface area contributed by atoms with Crippen LogP contribution < -0.4 is 11.1 Å². The number of primary amides is 1. The van der Waals surface area contributed by atoms with Crippen LogP contribution in [0.4, 0.5) is 0 Å². The summed E-state index contributed by atoms with van der Waals surface area (Å²) in [4.78, 5) is 25.2. The molecule has 0 bridgehead atoms. The van der Waals surface area contributed by atoms with Crippen molar-refractivity contribution in [2.24, 2.45) is 16.6 Å². The largest absolute Gasteiger partial charge is 0.481 e. The summed E-state index contributed by atoms with van der Waals surface area (Å²) in [6, 6.07) is 8.76. The summed E-state index contributed by atoms with van der Waals surface area (Å²) < 4.78 is 0. The van der Waals surface area contributed by atoms with Crippen molar-refractivity contribution < 1.29 is 14.7 Å². The number of allylic oxidation sites excluding steroid dienone is 2. The van der Waals surface area contributed by atoms with Crippen molar-refractivity contribution in [1.82, 2.24) is 5.32 Å². The van der Waals surface area contributed by atoms with Crippen molar-refractivity contribution in [3.05, 3.63) is 48.0 Å². The van der Waals surface area contributed by atoms with Gasteiger partial charge in [-0.1, -0.05) is 95.6 Å². The second-order valence-electron chi connectivity index (χ2n) is 9.18. The summed E-state index contributed by atoms with van der Waals surface area (Å²) in [5, 5.41) is 11.9. The molecule has 1 unspecified atom stereocenters. The van der Waals surface area contributed by atoms with E-state index in [1.165, 1.54) is 70.6 Å². The third-order valence-electron chi connectivity index (χ3n) is 6.03. The summed E-state index contributed by atoms with van der Waals surface area (Å²) >= 11 is 0. The number of carboxylic acids is 1. The zero-order chi connectivity index (χ0) is 26.7. The Bertz CT molecular complexity index is 699. The highest BCUT2D eigenvalue weighted by Gasteiger charge is 2.13. The number of unbranched alkanes of at least 4 members (excludes halogenated alkanes) is 10. The maximum Gasteiger partial charge on any atom is 0.306 e. The molecule has 4 N–H and O–H groups in total. The summed E-state index contributed by atoms with van der Waals surface area (Å²) in [6.45, 7) is 6.21. The average Bonchev–Trinajstić information content (AvgIpc) is 3.48. The third-order valence-corrected chi connectivity index (χ3v) is 6.03. The summed E-state index contributed by atoms with van der Waals surface area (Å²) in [5.74, 6) is -1.13. The van der Waals surface area contributed by atoms with E-state index in [9.17, 15) is 9.59 Å². The zero-order valence-electron chi connectivity index (χ0n) is 22.8. The molecule has 0 fully saturated rings. The molecule has 1 aliphatic rings. The van der Waals surface area contributed by atoms with E-state index < -0.39 is 5.97 Å². The number of carbonyl (C=O) groups is 2. The molecule has 1 atom stereocenters. The quantitative estimate of drug-likeness (QED) is 0.156. The Hall–Kier alpha value is -2.63. The number of hydrogen-bond donors (Lipinski definition) is 3. The highest BCUT2D eigenvalue weighted by molar-refractivity contribution is 5.92. The summed E-state index contributed by atoms with van der Waals surface area (Å²) in [5.41, 5.74) is 5.53. The molecule has 0 spiro atoms. The SMILES string of the molecule is C1=NCCN1.CCCCCCCC/C=C\CCCCCCC(CC)C(=O)O.NC(=O)c1ccccc1. The van der Waals surface area contributed by atoms with Gasteiger partial charge in [0.1, 0.15) is 0 Å². The molecule has 1 amide bonds. The summed E-state index contributed by atoms with van der Waals surface area (Å²) in [7, 11) is 0. The third kappa shape index (κ3) is 21.9. The van der Waals surface area contributed by atoms with Crippen LogP contribution in [0.3, 0.4) is 0 Å². The van der Waals surface area contributed by atoms with Crippen LogP contribution in [0.1, 0.15) is 114 Å². The fraction of sp³-hybridized carbons (Fsp3) is 0.633. The lowest BCUT2D eigenvalue weighted by Crippen LogP contribution is -2.12. The topological polar surface area (TPSA) is 105 Å². The van der Waals surface area contributed by atoms with E-state index in [-0.39, 0.29) is 11.8 Å². The number of hydrogen-bond acceptors (Lipinski definition) is 4. The van der Waals surface area contributed by atoms with Crippen LogP contribution in [-0.2, 0) is 4.79 Å². The molecule has 0 radical (unpaired) electrons. The van der Waals surface area contributed by atoms with Gasteiger partial charge >= 0.3 is 5.97 Å². The second kappa shape index (κ2) is 25.5. The molecule has 6 heteroatoms. The van der Waals surface area contributed by atoms with E-state index in [1.807, 2.05) is 13.0 Å². The first-order valence-corrected chi connectivity index (χ1v) is 14.0. The number of amides is 1. The molecule has 0 aliphatic carbocycles. The highest BCUT2D eigenvalue weighted by atomic mass is 16.4. The number of nitrogens with one attached hydrogen (secondary N) is 1. The molecular weight excluding hydrogens is 450 g/mol. The zero-order valence-corrected chi connectivity index (χ0v) is 22.8. The molecule has 1 heterocycles. The van der Waals surface area contributed by atoms with Gasteiger partial charge in [-0.25, -0.2) is 0 Å². The first-order valence-electron chi connectivity index (χ1n) is 14.0. The van der Waals surface area contributed by atoms with Crippen LogP contribution in [0.5, 0.6) is 0 Å². The Labute approximate surface area is 219 Å². The van der Waals surface area contributed by atoms with Gasteiger partial charge in [-0.15, -0.1) is 0 Å². The first-order chi connectivity index (χ1) is 17.5. The van der Waals surface area contributed by atoms with E-state index in [0.717, 1.165) is 32.4 Å². The fourth-order valence-electron chi connectivity index (χ4n) is 3.71. The van der Waals surface area contributed by atoms with Crippen molar-refractivity contribution in [1.29, 1.82) is 0 Å². The number of carboxylic acid groups (broad SMARTS) is 1. The van der Waals surface area contributed by atoms with Gasteiger partial charge in [0, 0.05) is 12.1 Å². The monoisotopic (exact) mass is 501 g/mol. The van der Waals surface area contributed by atoms with Crippen molar-refractivity contribution in [3.8, 4) is 0 Å². The Morgan fingerprint density at radius 3 is 1.94 bits per heavy atom. The average molecular weight is 502 g/mol. The smallest absolute Gasteiger partial charge is 0.306 e. The van der Waals surface area contributed by atoms with Gasteiger partial charge in [0.05, 0.1) is 18.8 Å². The van der Waals surface area contributed by atoms with Gasteiger partial charge in [0.2, 0.25) is 5.91 Å². The van der Waals surface area contributed by atoms with Crippen molar-refractivity contribution >= 4 is 18.2 Å². The maximum absolute atomic E-state index is 10.9. The van der Waals surface area contributed by atoms with Crippen molar-refractivity contribution in [3.63, 3.8) is 0 Å². The van der Waals surface area contributed by atoms with E-state index in [4.69, 9.17) is 10.8 Å². The molecular formula is C30H51N3O3. The van der Waals surface area contributed by atoms with Gasteiger partial charge in [-0.05, 0) is 50.7 Å². The predicted octanol–water partition coefficient (Wildman–Crippen LogP) is 7.15. The number of rotatable bonds is 17. The standard InChI is InChI=1S/C20H38O2.C7H7NO.C3H6N2/c1-3-5-6-7-8-9-10-11-12-13-14-15-16-17-18-19(4-2)20(21)22;8-7(9)6-4-2-1-3-5-6;1-2-5-3-4-1/h11-12,19H,3-10,13-18H2,1-2H3,(H,21,22);1-5H,(H2,8,9);3H,1-2H2,(H,4,5)/b12-11-;;. The minimum absolute atomic E-state index is 0.128. The van der Waals surface area contributed by atoms with Crippen LogP contribution >= 0.6 is 0 Å². The Kier molecular flexibility index (Phi) is 23.6. The van der Waals surface area contributed by atoms with E-state index >= 15 is 0 Å². The van der Waals surface area contributed by atoms with Crippen molar-refractivity contribution in [2.45, 2.75) is 104 Å². The normalized spacial score (nSPS) is 12.7. The second-order valence-corrected chi connectivity index (χ2v) is 9.18. The Balaban J connectivity index is 0.000000698. The molecule has 204 valence electrons. The summed E-state index contributed by atoms with van der Waals surface area (Å²) in [6.07, 6.45) is 23.4. The molecule has 36 heavy (non-hydrogen) atoms. The molecule has 1 aromatic rings.